The van der Waals surface area contributed by atoms with Crippen LogP contribution in [0.5, 0.6) is 0 Å². The SMILES string of the molecule is CCCNc1cc(NC2CCCCC2CO)ncn1. The summed E-state index contributed by atoms with van der Waals surface area (Å²) in [6.45, 7) is 3.30. The molecule has 1 aromatic rings. The summed E-state index contributed by atoms with van der Waals surface area (Å²) in [5.74, 6) is 2.05. The number of aliphatic hydroxyl groups excluding tert-OH is 1. The van der Waals surface area contributed by atoms with E-state index in [-0.39, 0.29) is 6.61 Å². The third-order valence-corrected chi connectivity index (χ3v) is 3.70. The molecule has 0 aromatic carbocycles. The predicted molar refractivity (Wildman–Crippen MR) is 77.3 cm³/mol. The molecule has 1 saturated carbocycles. The Morgan fingerprint density at radius 2 is 2.05 bits per heavy atom. The number of anilines is 2. The quantitative estimate of drug-likeness (QED) is 0.735. The number of aromatic nitrogens is 2. The lowest BCUT2D eigenvalue weighted by Gasteiger charge is -2.31. The van der Waals surface area contributed by atoms with Crippen molar-refractivity contribution in [1.29, 1.82) is 0 Å². The third-order valence-electron chi connectivity index (χ3n) is 3.70. The smallest absolute Gasteiger partial charge is 0.131 e. The van der Waals surface area contributed by atoms with Gasteiger partial charge in [-0.1, -0.05) is 19.8 Å². The van der Waals surface area contributed by atoms with Gasteiger partial charge in [-0.15, -0.1) is 0 Å². The summed E-state index contributed by atoms with van der Waals surface area (Å²) >= 11 is 0. The van der Waals surface area contributed by atoms with Crippen LogP contribution in [0.1, 0.15) is 39.0 Å². The minimum absolute atomic E-state index is 0.254. The second kappa shape index (κ2) is 7.28. The molecule has 1 aliphatic carbocycles. The Morgan fingerprint density at radius 3 is 2.84 bits per heavy atom. The van der Waals surface area contributed by atoms with Gasteiger partial charge >= 0.3 is 0 Å². The predicted octanol–water partition coefficient (Wildman–Crippen LogP) is 2.26. The van der Waals surface area contributed by atoms with E-state index < -0.39 is 0 Å². The van der Waals surface area contributed by atoms with Crippen LogP contribution in [-0.2, 0) is 0 Å². The topological polar surface area (TPSA) is 70.1 Å². The molecule has 5 heteroatoms. The van der Waals surface area contributed by atoms with Crippen LogP contribution in [0.15, 0.2) is 12.4 Å². The highest BCUT2D eigenvalue weighted by molar-refractivity contribution is 5.47. The summed E-state index contributed by atoms with van der Waals surface area (Å²) in [4.78, 5) is 8.46. The van der Waals surface area contributed by atoms with Crippen molar-refractivity contribution in [3.05, 3.63) is 12.4 Å². The molecule has 2 atom stereocenters. The van der Waals surface area contributed by atoms with Gasteiger partial charge in [0.2, 0.25) is 0 Å². The molecule has 1 aliphatic rings. The molecule has 1 heterocycles. The van der Waals surface area contributed by atoms with Crippen LogP contribution in [0.4, 0.5) is 11.6 Å². The first-order valence-corrected chi connectivity index (χ1v) is 7.26. The van der Waals surface area contributed by atoms with Gasteiger partial charge in [0.25, 0.3) is 0 Å². The first-order valence-electron chi connectivity index (χ1n) is 7.26. The number of hydrogen-bond donors (Lipinski definition) is 3. The number of hydrogen-bond acceptors (Lipinski definition) is 5. The largest absolute Gasteiger partial charge is 0.396 e. The first-order chi connectivity index (χ1) is 9.33. The minimum Gasteiger partial charge on any atom is -0.396 e. The Bertz CT molecular complexity index is 385. The molecule has 5 nitrogen and oxygen atoms in total. The molecule has 0 radical (unpaired) electrons. The standard InChI is InChI=1S/C14H24N4O/c1-2-7-15-13-8-14(17-10-16-13)18-12-6-4-3-5-11(12)9-19/h8,10-12,19H,2-7,9H2,1H3,(H2,15,16,17,18). The van der Waals surface area contributed by atoms with E-state index in [0.29, 0.717) is 12.0 Å². The lowest BCUT2D eigenvalue weighted by atomic mass is 9.85. The fourth-order valence-electron chi connectivity index (χ4n) is 2.59. The molecule has 0 bridgehead atoms. The van der Waals surface area contributed by atoms with Gasteiger partial charge in [-0.25, -0.2) is 9.97 Å². The summed E-state index contributed by atoms with van der Waals surface area (Å²) in [6.07, 6.45) is 7.29. The molecule has 3 N–H and O–H groups in total. The lowest BCUT2D eigenvalue weighted by Crippen LogP contribution is -2.34. The highest BCUT2D eigenvalue weighted by Crippen LogP contribution is 2.26. The monoisotopic (exact) mass is 264 g/mol. The van der Waals surface area contributed by atoms with Crippen molar-refractivity contribution in [3.63, 3.8) is 0 Å². The molecule has 0 saturated heterocycles. The van der Waals surface area contributed by atoms with Gasteiger partial charge in [0, 0.05) is 31.2 Å². The van der Waals surface area contributed by atoms with E-state index in [1.165, 1.54) is 12.8 Å². The maximum atomic E-state index is 9.43. The van der Waals surface area contributed by atoms with Gasteiger partial charge in [-0.3, -0.25) is 0 Å². The average molecular weight is 264 g/mol. The van der Waals surface area contributed by atoms with Crippen molar-refractivity contribution in [2.45, 2.75) is 45.1 Å². The van der Waals surface area contributed by atoms with Gasteiger partial charge in [-0.2, -0.15) is 0 Å². The number of nitrogens with one attached hydrogen (secondary N) is 2. The summed E-state index contributed by atoms with van der Waals surface area (Å²) in [7, 11) is 0. The van der Waals surface area contributed by atoms with E-state index in [4.69, 9.17) is 0 Å². The van der Waals surface area contributed by atoms with Crippen molar-refractivity contribution in [1.82, 2.24) is 9.97 Å². The fourth-order valence-corrected chi connectivity index (χ4v) is 2.59. The lowest BCUT2D eigenvalue weighted by molar-refractivity contribution is 0.178. The normalized spacial score (nSPS) is 23.1. The Kier molecular flexibility index (Phi) is 5.39. The summed E-state index contributed by atoms with van der Waals surface area (Å²) in [5.41, 5.74) is 0. The summed E-state index contributed by atoms with van der Waals surface area (Å²) < 4.78 is 0. The molecule has 0 spiro atoms. The van der Waals surface area contributed by atoms with Gasteiger partial charge in [0.1, 0.15) is 18.0 Å². The summed E-state index contributed by atoms with van der Waals surface area (Å²) in [6, 6.07) is 2.27. The number of nitrogens with zero attached hydrogens (tertiary/aromatic N) is 2. The molecular weight excluding hydrogens is 240 g/mol. The van der Waals surface area contributed by atoms with Crippen molar-refractivity contribution in [2.75, 3.05) is 23.8 Å². The maximum absolute atomic E-state index is 9.43. The Morgan fingerprint density at radius 1 is 1.26 bits per heavy atom. The highest BCUT2D eigenvalue weighted by atomic mass is 16.3. The maximum Gasteiger partial charge on any atom is 0.131 e. The molecular formula is C14H24N4O. The minimum atomic E-state index is 0.254. The van der Waals surface area contributed by atoms with Crippen LogP contribution in [0.3, 0.4) is 0 Å². The van der Waals surface area contributed by atoms with Crippen molar-refractivity contribution in [3.8, 4) is 0 Å². The van der Waals surface area contributed by atoms with Crippen LogP contribution in [0.25, 0.3) is 0 Å². The molecule has 2 rings (SSSR count). The zero-order valence-electron chi connectivity index (χ0n) is 11.6. The average Bonchev–Trinajstić information content (AvgIpc) is 2.46. The van der Waals surface area contributed by atoms with Crippen LogP contribution in [-0.4, -0.2) is 34.3 Å². The molecule has 0 aliphatic heterocycles. The number of aliphatic hydroxyl groups is 1. The van der Waals surface area contributed by atoms with E-state index in [0.717, 1.165) is 37.4 Å². The van der Waals surface area contributed by atoms with Crippen LogP contribution < -0.4 is 10.6 Å². The summed E-state index contributed by atoms with van der Waals surface area (Å²) in [5, 5.41) is 16.1. The second-order valence-electron chi connectivity index (χ2n) is 5.19. The molecule has 19 heavy (non-hydrogen) atoms. The van der Waals surface area contributed by atoms with Gasteiger partial charge < -0.3 is 15.7 Å². The molecule has 0 amide bonds. The van der Waals surface area contributed by atoms with Gasteiger partial charge in [0.15, 0.2) is 0 Å². The Hall–Kier alpha value is -1.36. The van der Waals surface area contributed by atoms with E-state index in [1.54, 1.807) is 6.33 Å². The Labute approximate surface area is 114 Å². The molecule has 1 fully saturated rings. The fraction of sp³-hybridized carbons (Fsp3) is 0.714. The molecule has 1 aromatic heterocycles. The second-order valence-corrected chi connectivity index (χ2v) is 5.19. The van der Waals surface area contributed by atoms with Crippen LogP contribution in [0, 0.1) is 5.92 Å². The van der Waals surface area contributed by atoms with Crippen LogP contribution in [0.2, 0.25) is 0 Å². The zero-order chi connectivity index (χ0) is 13.5. The number of rotatable bonds is 6. The third kappa shape index (κ3) is 4.06. The van der Waals surface area contributed by atoms with Crippen LogP contribution >= 0.6 is 0 Å². The molecule has 2 unspecified atom stereocenters. The van der Waals surface area contributed by atoms with Gasteiger partial charge in [0.05, 0.1) is 0 Å². The van der Waals surface area contributed by atoms with E-state index in [2.05, 4.69) is 27.5 Å². The van der Waals surface area contributed by atoms with Gasteiger partial charge in [-0.05, 0) is 19.3 Å². The van der Waals surface area contributed by atoms with E-state index in [1.807, 2.05) is 6.07 Å². The first kappa shape index (κ1) is 14.1. The Balaban J connectivity index is 1.97. The highest BCUT2D eigenvalue weighted by Gasteiger charge is 2.24. The van der Waals surface area contributed by atoms with E-state index in [9.17, 15) is 5.11 Å². The molecule has 106 valence electrons. The van der Waals surface area contributed by atoms with Crippen molar-refractivity contribution in [2.24, 2.45) is 5.92 Å². The zero-order valence-corrected chi connectivity index (χ0v) is 11.6. The van der Waals surface area contributed by atoms with Crippen molar-refractivity contribution >= 4 is 11.6 Å². The van der Waals surface area contributed by atoms with E-state index >= 15 is 0 Å². The van der Waals surface area contributed by atoms with Crippen molar-refractivity contribution < 1.29 is 5.11 Å².